The zero-order valence-electron chi connectivity index (χ0n) is 19.9. The van der Waals surface area contributed by atoms with Gasteiger partial charge in [-0.1, -0.05) is 23.4 Å². The van der Waals surface area contributed by atoms with Gasteiger partial charge < -0.3 is 29.9 Å². The number of carbonyl (C=O) groups excluding carboxylic acids is 2. The molecule has 3 N–H and O–H groups in total. The van der Waals surface area contributed by atoms with E-state index in [1.165, 1.54) is 0 Å². The van der Waals surface area contributed by atoms with Gasteiger partial charge in [0.1, 0.15) is 18.1 Å². The van der Waals surface area contributed by atoms with Gasteiger partial charge in [0.25, 0.3) is 5.91 Å². The Kier molecular flexibility index (Phi) is 7.67. The number of aromatic nitrogens is 1. The molecule has 2 aromatic carbocycles. The van der Waals surface area contributed by atoms with Gasteiger partial charge in [0, 0.05) is 24.3 Å². The van der Waals surface area contributed by atoms with Crippen molar-refractivity contribution in [2.24, 2.45) is 0 Å². The van der Waals surface area contributed by atoms with E-state index >= 15 is 0 Å². The SMILES string of the molecule is Cc1noc(C)c1COc1ccc(C(=O)NC2CN(C(=O)Nc3ccccc3)CCCC2O)cc1. The van der Waals surface area contributed by atoms with Gasteiger partial charge in [-0.25, -0.2) is 4.79 Å². The molecule has 3 aromatic rings. The largest absolute Gasteiger partial charge is 0.489 e. The highest BCUT2D eigenvalue weighted by atomic mass is 16.5. The smallest absolute Gasteiger partial charge is 0.321 e. The molecule has 184 valence electrons. The number of likely N-dealkylation sites (tertiary alicyclic amines) is 1. The van der Waals surface area contributed by atoms with Crippen LogP contribution in [0.4, 0.5) is 10.5 Å². The number of urea groups is 1. The molecule has 9 heteroatoms. The topological polar surface area (TPSA) is 117 Å². The minimum atomic E-state index is -0.744. The molecule has 9 nitrogen and oxygen atoms in total. The minimum absolute atomic E-state index is 0.213. The number of ether oxygens (including phenoxy) is 1. The molecular formula is C26H30N4O5. The Morgan fingerprint density at radius 1 is 1.14 bits per heavy atom. The third-order valence-electron chi connectivity index (χ3n) is 6.12. The van der Waals surface area contributed by atoms with E-state index in [1.807, 2.05) is 44.2 Å². The third kappa shape index (κ3) is 6.19. The van der Waals surface area contributed by atoms with Crippen LogP contribution >= 0.6 is 0 Å². The molecule has 3 amide bonds. The first-order valence-electron chi connectivity index (χ1n) is 11.6. The lowest BCUT2D eigenvalue weighted by Crippen LogP contribution is -2.50. The molecule has 0 aliphatic carbocycles. The maximum Gasteiger partial charge on any atom is 0.321 e. The normalized spacial score (nSPS) is 18.0. The molecule has 0 bridgehead atoms. The maximum absolute atomic E-state index is 12.9. The number of amides is 3. The highest BCUT2D eigenvalue weighted by molar-refractivity contribution is 5.94. The molecule has 2 atom stereocenters. The number of carbonyl (C=O) groups is 2. The zero-order chi connectivity index (χ0) is 24.8. The van der Waals surface area contributed by atoms with Crippen LogP contribution in [0.1, 0.15) is 40.2 Å². The van der Waals surface area contributed by atoms with Crippen molar-refractivity contribution in [3.05, 3.63) is 77.2 Å². The van der Waals surface area contributed by atoms with Crippen LogP contribution in [0.15, 0.2) is 59.1 Å². The number of aliphatic hydroxyl groups excluding tert-OH is 1. The lowest BCUT2D eigenvalue weighted by atomic mass is 10.1. The van der Waals surface area contributed by atoms with Crippen LogP contribution in [0.3, 0.4) is 0 Å². The number of benzene rings is 2. The number of hydrogen-bond donors (Lipinski definition) is 3. The number of nitrogens with one attached hydrogen (secondary N) is 2. The average molecular weight is 479 g/mol. The first-order chi connectivity index (χ1) is 16.9. The molecule has 0 spiro atoms. The van der Waals surface area contributed by atoms with Crippen molar-refractivity contribution in [2.45, 2.75) is 45.4 Å². The molecule has 1 aromatic heterocycles. The monoisotopic (exact) mass is 478 g/mol. The van der Waals surface area contributed by atoms with E-state index in [-0.39, 0.29) is 18.5 Å². The van der Waals surface area contributed by atoms with E-state index in [2.05, 4.69) is 15.8 Å². The Balaban J connectivity index is 1.35. The van der Waals surface area contributed by atoms with Gasteiger partial charge in [0.2, 0.25) is 0 Å². The summed E-state index contributed by atoms with van der Waals surface area (Å²) >= 11 is 0. The summed E-state index contributed by atoms with van der Waals surface area (Å²) in [6.07, 6.45) is 0.396. The highest BCUT2D eigenvalue weighted by Crippen LogP contribution is 2.19. The molecule has 2 heterocycles. The number of hydrogen-bond acceptors (Lipinski definition) is 6. The van der Waals surface area contributed by atoms with E-state index < -0.39 is 12.1 Å². The Labute approximate surface area is 204 Å². The van der Waals surface area contributed by atoms with Crippen molar-refractivity contribution in [1.29, 1.82) is 0 Å². The second-order valence-corrected chi connectivity index (χ2v) is 8.65. The Morgan fingerprint density at radius 3 is 2.57 bits per heavy atom. The number of nitrogens with zero attached hydrogens (tertiary/aromatic N) is 2. The molecule has 1 fully saturated rings. The van der Waals surface area contributed by atoms with Gasteiger partial charge in [0.15, 0.2) is 0 Å². The fourth-order valence-corrected chi connectivity index (χ4v) is 4.01. The summed E-state index contributed by atoms with van der Waals surface area (Å²) in [5.41, 5.74) is 2.81. The molecule has 1 saturated heterocycles. The highest BCUT2D eigenvalue weighted by Gasteiger charge is 2.29. The van der Waals surface area contributed by atoms with E-state index in [0.717, 1.165) is 11.3 Å². The van der Waals surface area contributed by atoms with Gasteiger partial charge in [0.05, 0.1) is 23.4 Å². The molecular weight excluding hydrogens is 448 g/mol. The van der Waals surface area contributed by atoms with Gasteiger partial charge in [-0.15, -0.1) is 0 Å². The van der Waals surface area contributed by atoms with Crippen LogP contribution in [0.2, 0.25) is 0 Å². The summed E-state index contributed by atoms with van der Waals surface area (Å²) in [5, 5.41) is 20.2. The fourth-order valence-electron chi connectivity index (χ4n) is 4.01. The molecule has 0 saturated carbocycles. The number of aliphatic hydroxyl groups is 1. The predicted octanol–water partition coefficient (Wildman–Crippen LogP) is 3.66. The molecule has 1 aliphatic heterocycles. The van der Waals surface area contributed by atoms with E-state index in [9.17, 15) is 14.7 Å². The Morgan fingerprint density at radius 2 is 1.89 bits per heavy atom. The molecule has 1 aliphatic rings. The van der Waals surface area contributed by atoms with Crippen molar-refractivity contribution in [1.82, 2.24) is 15.4 Å². The second-order valence-electron chi connectivity index (χ2n) is 8.65. The van der Waals surface area contributed by atoms with Crippen LogP contribution in [-0.4, -0.2) is 52.3 Å². The van der Waals surface area contributed by atoms with Crippen molar-refractivity contribution < 1.29 is 24.0 Å². The predicted molar refractivity (Wildman–Crippen MR) is 130 cm³/mol. The summed E-state index contributed by atoms with van der Waals surface area (Å²) in [4.78, 5) is 27.3. The third-order valence-corrected chi connectivity index (χ3v) is 6.12. The Bertz CT molecular complexity index is 1130. The van der Waals surface area contributed by atoms with E-state index in [1.54, 1.807) is 29.2 Å². The van der Waals surface area contributed by atoms with Gasteiger partial charge in [-0.05, 0) is 63.1 Å². The second kappa shape index (κ2) is 11.1. The molecule has 4 rings (SSSR count). The summed E-state index contributed by atoms with van der Waals surface area (Å²) in [6, 6.07) is 15.1. The van der Waals surface area contributed by atoms with Gasteiger partial charge in [-0.2, -0.15) is 0 Å². The molecule has 35 heavy (non-hydrogen) atoms. The van der Waals surface area contributed by atoms with E-state index in [4.69, 9.17) is 9.26 Å². The summed E-state index contributed by atoms with van der Waals surface area (Å²) in [5.74, 6) is 1.00. The van der Waals surface area contributed by atoms with Crippen molar-refractivity contribution in [3.8, 4) is 5.75 Å². The molecule has 0 radical (unpaired) electrons. The maximum atomic E-state index is 12.9. The first-order valence-corrected chi connectivity index (χ1v) is 11.6. The number of rotatable bonds is 6. The average Bonchev–Trinajstić information content (AvgIpc) is 3.06. The lowest BCUT2D eigenvalue weighted by molar-refractivity contribution is 0.0811. The van der Waals surface area contributed by atoms with E-state index in [0.29, 0.717) is 48.8 Å². The zero-order valence-corrected chi connectivity index (χ0v) is 19.9. The van der Waals surface area contributed by atoms with Crippen LogP contribution < -0.4 is 15.4 Å². The number of anilines is 1. The number of aryl methyl sites for hydroxylation is 2. The standard InChI is InChI=1S/C26H30N4O5/c1-17-22(18(2)35-29-17)16-34-21-12-10-19(11-13-21)25(32)28-23-15-30(14-6-9-24(23)31)26(33)27-20-7-4-3-5-8-20/h3-5,7-8,10-13,23-24,31H,6,9,14-16H2,1-2H3,(H,27,33)(H,28,32). The summed E-state index contributed by atoms with van der Waals surface area (Å²) in [6.45, 7) is 4.72. The quantitative estimate of drug-likeness (QED) is 0.498. The van der Waals surface area contributed by atoms with Crippen molar-refractivity contribution in [2.75, 3.05) is 18.4 Å². The van der Waals surface area contributed by atoms with Crippen molar-refractivity contribution in [3.63, 3.8) is 0 Å². The fraction of sp³-hybridized carbons (Fsp3) is 0.346. The number of para-hydroxylation sites is 1. The van der Waals surface area contributed by atoms with Crippen LogP contribution in [0.5, 0.6) is 5.75 Å². The van der Waals surface area contributed by atoms with Crippen molar-refractivity contribution >= 4 is 17.6 Å². The lowest BCUT2D eigenvalue weighted by Gasteiger charge is -2.27. The first kappa shape index (κ1) is 24.3. The van der Waals surface area contributed by atoms with Crippen LogP contribution in [0.25, 0.3) is 0 Å². The van der Waals surface area contributed by atoms with Gasteiger partial charge >= 0.3 is 6.03 Å². The molecule has 2 unspecified atom stereocenters. The summed E-state index contributed by atoms with van der Waals surface area (Å²) < 4.78 is 10.9. The Hall–Kier alpha value is -3.85. The van der Waals surface area contributed by atoms with Crippen LogP contribution in [-0.2, 0) is 6.61 Å². The van der Waals surface area contributed by atoms with Gasteiger partial charge in [-0.3, -0.25) is 4.79 Å². The minimum Gasteiger partial charge on any atom is -0.489 e. The summed E-state index contributed by atoms with van der Waals surface area (Å²) in [7, 11) is 0. The van der Waals surface area contributed by atoms with Crippen LogP contribution in [0, 0.1) is 13.8 Å².